The maximum absolute atomic E-state index is 10.9. The van der Waals surface area contributed by atoms with Crippen molar-refractivity contribution in [1.29, 1.82) is 0 Å². The highest BCUT2D eigenvalue weighted by Crippen LogP contribution is 2.38. The molecule has 18 heavy (non-hydrogen) atoms. The molecule has 2 rings (SSSR count). The number of rotatable bonds is 3. The Bertz CT molecular complexity index is 479. The zero-order valence-corrected chi connectivity index (χ0v) is 11.3. The summed E-state index contributed by atoms with van der Waals surface area (Å²) in [6.07, 6.45) is 0.499. The van der Waals surface area contributed by atoms with E-state index in [2.05, 4.69) is 5.32 Å². The minimum atomic E-state index is -0.796. The molecule has 1 aromatic carbocycles. The zero-order valence-electron chi connectivity index (χ0n) is 9.74. The van der Waals surface area contributed by atoms with E-state index < -0.39 is 11.9 Å². The second kappa shape index (κ2) is 5.34. The lowest BCUT2D eigenvalue weighted by molar-refractivity contribution is -0.141. The van der Waals surface area contributed by atoms with E-state index in [9.17, 15) is 4.79 Å². The second-order valence-corrected chi connectivity index (χ2v) is 5.06. The summed E-state index contributed by atoms with van der Waals surface area (Å²) in [5.74, 6) is -0.689. The van der Waals surface area contributed by atoms with E-state index in [4.69, 9.17) is 33.0 Å². The van der Waals surface area contributed by atoms with E-state index in [1.54, 1.807) is 12.1 Å². The monoisotopic (exact) mass is 289 g/mol. The van der Waals surface area contributed by atoms with Crippen LogP contribution >= 0.6 is 23.2 Å². The average molecular weight is 290 g/mol. The molecule has 0 aliphatic carbocycles. The van der Waals surface area contributed by atoms with Crippen LogP contribution in [0.2, 0.25) is 10.0 Å². The van der Waals surface area contributed by atoms with Gasteiger partial charge >= 0.3 is 5.97 Å². The molecule has 6 heteroatoms. The Morgan fingerprint density at radius 2 is 2.22 bits per heavy atom. The van der Waals surface area contributed by atoms with E-state index >= 15 is 0 Å². The second-order valence-electron chi connectivity index (χ2n) is 4.24. The van der Waals surface area contributed by atoms with Gasteiger partial charge in [-0.25, -0.2) is 0 Å². The fourth-order valence-electron chi connectivity index (χ4n) is 2.15. The van der Waals surface area contributed by atoms with Gasteiger partial charge in [-0.15, -0.1) is 0 Å². The Morgan fingerprint density at radius 3 is 2.78 bits per heavy atom. The van der Waals surface area contributed by atoms with Gasteiger partial charge in [0, 0.05) is 23.7 Å². The third-order valence-electron chi connectivity index (χ3n) is 3.11. The maximum atomic E-state index is 10.9. The van der Waals surface area contributed by atoms with Crippen molar-refractivity contribution in [2.75, 3.05) is 13.7 Å². The molecule has 1 saturated heterocycles. The summed E-state index contributed by atoms with van der Waals surface area (Å²) in [4.78, 5) is 10.9. The topological polar surface area (TPSA) is 58.6 Å². The first-order valence-electron chi connectivity index (χ1n) is 5.52. The van der Waals surface area contributed by atoms with Crippen molar-refractivity contribution in [1.82, 2.24) is 5.32 Å². The number of halogens is 2. The summed E-state index contributed by atoms with van der Waals surface area (Å²) in [6, 6.07) is 3.27. The van der Waals surface area contributed by atoms with E-state index in [-0.39, 0.29) is 6.04 Å². The van der Waals surface area contributed by atoms with Crippen molar-refractivity contribution in [2.45, 2.75) is 12.5 Å². The molecular formula is C12H13Cl2NO3. The van der Waals surface area contributed by atoms with Gasteiger partial charge in [0.15, 0.2) is 0 Å². The summed E-state index contributed by atoms with van der Waals surface area (Å²) in [5.41, 5.74) is 0.782. The molecule has 0 spiro atoms. The van der Waals surface area contributed by atoms with Crippen LogP contribution in [-0.2, 0) is 4.79 Å². The molecule has 0 aromatic heterocycles. The molecule has 98 valence electrons. The van der Waals surface area contributed by atoms with Crippen molar-refractivity contribution in [3.05, 3.63) is 27.7 Å². The van der Waals surface area contributed by atoms with Crippen LogP contribution in [-0.4, -0.2) is 24.7 Å². The van der Waals surface area contributed by atoms with Gasteiger partial charge in [0.2, 0.25) is 0 Å². The smallest absolute Gasteiger partial charge is 0.307 e. The summed E-state index contributed by atoms with van der Waals surface area (Å²) >= 11 is 12.2. The zero-order chi connectivity index (χ0) is 13.3. The molecule has 2 unspecified atom stereocenters. The maximum Gasteiger partial charge on any atom is 0.307 e. The van der Waals surface area contributed by atoms with Crippen molar-refractivity contribution in [2.24, 2.45) is 5.92 Å². The summed E-state index contributed by atoms with van der Waals surface area (Å²) in [5, 5.41) is 13.1. The Labute approximate surface area is 115 Å². The van der Waals surface area contributed by atoms with Crippen LogP contribution in [0.25, 0.3) is 0 Å². The van der Waals surface area contributed by atoms with Crippen LogP contribution in [0.4, 0.5) is 0 Å². The predicted molar refractivity (Wildman–Crippen MR) is 69.5 cm³/mol. The highest BCUT2D eigenvalue weighted by atomic mass is 35.5. The number of nitrogens with one attached hydrogen (secondary N) is 1. The van der Waals surface area contributed by atoms with E-state index in [0.29, 0.717) is 28.8 Å². The summed E-state index contributed by atoms with van der Waals surface area (Å²) in [7, 11) is 1.52. The molecule has 0 bridgehead atoms. The fourth-order valence-corrected chi connectivity index (χ4v) is 2.68. The van der Waals surface area contributed by atoms with Crippen LogP contribution in [0.5, 0.6) is 5.75 Å². The molecule has 1 fully saturated rings. The lowest BCUT2D eigenvalue weighted by Crippen LogP contribution is -2.17. The van der Waals surface area contributed by atoms with Gasteiger partial charge in [0.1, 0.15) is 5.75 Å². The number of carboxylic acid groups (broad SMARTS) is 1. The molecule has 2 N–H and O–H groups in total. The molecule has 0 radical (unpaired) electrons. The Kier molecular flexibility index (Phi) is 4.00. The van der Waals surface area contributed by atoms with Crippen molar-refractivity contribution < 1.29 is 14.6 Å². The van der Waals surface area contributed by atoms with Crippen LogP contribution in [0.1, 0.15) is 18.0 Å². The van der Waals surface area contributed by atoms with Gasteiger partial charge in [-0.1, -0.05) is 23.2 Å². The third-order valence-corrected chi connectivity index (χ3v) is 3.73. The van der Waals surface area contributed by atoms with Crippen LogP contribution in [0.3, 0.4) is 0 Å². The normalized spacial score (nSPS) is 23.1. The molecule has 0 amide bonds. The van der Waals surface area contributed by atoms with Crippen molar-refractivity contribution in [3.8, 4) is 5.75 Å². The summed E-state index contributed by atoms with van der Waals surface area (Å²) < 4.78 is 5.14. The predicted octanol–water partition coefficient (Wildman–Crippen LogP) is 2.74. The SMILES string of the molecule is COc1cc(Cl)cc(C2CC(C(=O)O)CN2)c1Cl. The van der Waals surface area contributed by atoms with Gasteiger partial charge < -0.3 is 15.2 Å². The first-order valence-corrected chi connectivity index (χ1v) is 6.27. The number of carbonyl (C=O) groups is 1. The minimum absolute atomic E-state index is 0.105. The van der Waals surface area contributed by atoms with Gasteiger partial charge in [0.05, 0.1) is 18.1 Å². The van der Waals surface area contributed by atoms with Gasteiger partial charge in [0.25, 0.3) is 0 Å². The van der Waals surface area contributed by atoms with Crippen molar-refractivity contribution in [3.63, 3.8) is 0 Å². The number of hydrogen-bond donors (Lipinski definition) is 2. The lowest BCUT2D eigenvalue weighted by atomic mass is 10.00. The number of methoxy groups -OCH3 is 1. The molecule has 1 aliphatic heterocycles. The molecular weight excluding hydrogens is 277 g/mol. The number of hydrogen-bond acceptors (Lipinski definition) is 3. The molecule has 0 saturated carbocycles. The largest absolute Gasteiger partial charge is 0.495 e. The van der Waals surface area contributed by atoms with Crippen LogP contribution < -0.4 is 10.1 Å². The lowest BCUT2D eigenvalue weighted by Gasteiger charge is -2.15. The number of aliphatic carboxylic acids is 1. The summed E-state index contributed by atoms with van der Waals surface area (Å²) in [6.45, 7) is 0.436. The molecule has 4 nitrogen and oxygen atoms in total. The third kappa shape index (κ3) is 2.55. The standard InChI is InChI=1S/C12H13Cl2NO3/c1-18-10-4-7(13)3-8(11(10)14)9-2-6(5-15-9)12(16)17/h3-4,6,9,15H,2,5H2,1H3,(H,16,17). The highest BCUT2D eigenvalue weighted by molar-refractivity contribution is 6.35. The van der Waals surface area contributed by atoms with E-state index in [0.717, 1.165) is 5.56 Å². The molecule has 2 atom stereocenters. The van der Waals surface area contributed by atoms with E-state index in [1.165, 1.54) is 7.11 Å². The highest BCUT2D eigenvalue weighted by Gasteiger charge is 2.31. The number of benzene rings is 1. The van der Waals surface area contributed by atoms with Gasteiger partial charge in [-0.05, 0) is 18.1 Å². The first kappa shape index (κ1) is 13.5. The fraction of sp³-hybridized carbons (Fsp3) is 0.417. The van der Waals surface area contributed by atoms with Crippen molar-refractivity contribution >= 4 is 29.2 Å². The number of ether oxygens (including phenoxy) is 1. The molecule has 1 aliphatic rings. The Morgan fingerprint density at radius 1 is 1.50 bits per heavy atom. The van der Waals surface area contributed by atoms with Crippen LogP contribution in [0, 0.1) is 5.92 Å². The number of carboxylic acids is 1. The molecule has 1 aromatic rings. The Hall–Kier alpha value is -0.970. The van der Waals surface area contributed by atoms with E-state index in [1.807, 2.05) is 0 Å². The Balaban J connectivity index is 2.29. The molecule has 1 heterocycles. The van der Waals surface area contributed by atoms with Crippen LogP contribution in [0.15, 0.2) is 12.1 Å². The van der Waals surface area contributed by atoms with Gasteiger partial charge in [-0.2, -0.15) is 0 Å². The van der Waals surface area contributed by atoms with Gasteiger partial charge in [-0.3, -0.25) is 4.79 Å². The quantitative estimate of drug-likeness (QED) is 0.898. The average Bonchev–Trinajstić information content (AvgIpc) is 2.81. The minimum Gasteiger partial charge on any atom is -0.495 e. The first-order chi connectivity index (χ1) is 8.52.